The summed E-state index contributed by atoms with van der Waals surface area (Å²) in [4.78, 5) is 66.0. The third-order valence-corrected chi connectivity index (χ3v) is 11.0. The molecule has 0 radical (unpaired) electrons. The summed E-state index contributed by atoms with van der Waals surface area (Å²) >= 11 is 0. The maximum atomic E-state index is 12.9. The van der Waals surface area contributed by atoms with E-state index < -0.39 is 0 Å². The molecule has 2 fully saturated rings. The number of carbonyl (C=O) groups excluding carboxylic acids is 3. The van der Waals surface area contributed by atoms with E-state index in [1.54, 1.807) is 4.90 Å². The number of amides is 5. The van der Waals surface area contributed by atoms with Crippen LogP contribution in [0, 0.1) is 0 Å². The Morgan fingerprint density at radius 1 is 0.667 bits per heavy atom. The molecule has 5 N–H and O–H groups in total. The monoisotopic (exact) mass is 859 g/mol. The molecular weight excluding hydrogens is 807 g/mol. The third kappa shape index (κ3) is 10.5. The van der Waals surface area contributed by atoms with Gasteiger partial charge >= 0.3 is 12.1 Å². The molecule has 330 valence electrons. The minimum absolute atomic E-state index is 0.206. The molecule has 5 aromatic rings. The van der Waals surface area contributed by atoms with Gasteiger partial charge in [0.25, 0.3) is 5.91 Å². The van der Waals surface area contributed by atoms with Gasteiger partial charge in [0.1, 0.15) is 11.6 Å². The number of benzene rings is 2. The number of hydrogen-bond acceptors (Lipinski definition) is 14. The lowest BCUT2D eigenvalue weighted by Crippen LogP contribution is -2.40. The van der Waals surface area contributed by atoms with Crippen molar-refractivity contribution in [1.29, 1.82) is 0 Å². The Morgan fingerprint density at radius 2 is 1.19 bits per heavy atom. The molecule has 63 heavy (non-hydrogen) atoms. The molecule has 0 bridgehead atoms. The van der Waals surface area contributed by atoms with Gasteiger partial charge in [0.15, 0.2) is 18.0 Å². The number of nitrogens with zero attached hydrogens (tertiary/aromatic N) is 8. The number of fused-ring (bicyclic) bond motifs is 2. The molecule has 4 aliphatic heterocycles. The van der Waals surface area contributed by atoms with E-state index in [-0.39, 0.29) is 23.7 Å². The van der Waals surface area contributed by atoms with Gasteiger partial charge in [-0.25, -0.2) is 34.5 Å². The molecule has 9 rings (SSSR count). The van der Waals surface area contributed by atoms with E-state index in [0.717, 1.165) is 104 Å². The van der Waals surface area contributed by atoms with Crippen molar-refractivity contribution in [2.45, 2.75) is 39.8 Å². The molecule has 0 unspecified atom stereocenters. The molecule has 7 heterocycles. The fourth-order valence-corrected chi connectivity index (χ4v) is 7.81. The number of anilines is 4. The molecule has 19 heteroatoms. The van der Waals surface area contributed by atoms with E-state index in [1.807, 2.05) is 62.4 Å². The summed E-state index contributed by atoms with van der Waals surface area (Å²) in [5.74, 6) is 3.23. The molecule has 0 aliphatic carbocycles. The van der Waals surface area contributed by atoms with E-state index >= 15 is 0 Å². The maximum absolute atomic E-state index is 12.9. The van der Waals surface area contributed by atoms with Gasteiger partial charge in [-0.15, -0.1) is 0 Å². The van der Waals surface area contributed by atoms with Crippen molar-refractivity contribution in [3.8, 4) is 22.8 Å². The summed E-state index contributed by atoms with van der Waals surface area (Å²) < 4.78 is 16.3. The number of morpholine rings is 2. The van der Waals surface area contributed by atoms with Gasteiger partial charge in [-0.1, -0.05) is 0 Å². The lowest BCUT2D eigenvalue weighted by Gasteiger charge is -2.34. The Balaban J connectivity index is 0.000000177. The summed E-state index contributed by atoms with van der Waals surface area (Å²) in [6.45, 7) is 13.5. The average molecular weight is 860 g/mol. The first-order chi connectivity index (χ1) is 30.9. The minimum Gasteiger partial charge on any atom is -0.438 e. The second-order valence-corrected chi connectivity index (χ2v) is 15.2. The molecule has 3 aromatic heterocycles. The quantitative estimate of drug-likeness (QED) is 0.141. The highest BCUT2D eigenvalue weighted by atomic mass is 16.5. The molecule has 2 saturated heterocycles. The van der Waals surface area contributed by atoms with Crippen molar-refractivity contribution < 1.29 is 28.3 Å². The van der Waals surface area contributed by atoms with Crippen molar-refractivity contribution in [2.75, 3.05) is 99.2 Å². The molecule has 19 nitrogen and oxygen atoms in total. The van der Waals surface area contributed by atoms with Gasteiger partial charge in [-0.3, -0.25) is 4.79 Å². The highest BCUT2D eigenvalue weighted by molar-refractivity contribution is 5.91. The van der Waals surface area contributed by atoms with Crippen LogP contribution in [0.5, 0.6) is 0 Å². The number of urea groups is 2. The average Bonchev–Trinajstić information content (AvgIpc) is 3.87. The largest absolute Gasteiger partial charge is 0.438 e. The number of oxazole rings is 1. The predicted octanol–water partition coefficient (Wildman–Crippen LogP) is 4.08. The van der Waals surface area contributed by atoms with Gasteiger partial charge in [0.05, 0.1) is 50.6 Å². The lowest BCUT2D eigenvalue weighted by molar-refractivity contribution is 0.0699. The Morgan fingerprint density at radius 3 is 1.70 bits per heavy atom. The second-order valence-electron chi connectivity index (χ2n) is 15.2. The van der Waals surface area contributed by atoms with Crippen LogP contribution >= 0.6 is 0 Å². The smallest absolute Gasteiger partial charge is 0.319 e. The van der Waals surface area contributed by atoms with Crippen molar-refractivity contribution in [1.82, 2.24) is 45.8 Å². The Bertz CT molecular complexity index is 2350. The van der Waals surface area contributed by atoms with Crippen molar-refractivity contribution in [2.24, 2.45) is 0 Å². The van der Waals surface area contributed by atoms with Gasteiger partial charge in [0, 0.05) is 86.0 Å². The normalized spacial score (nSPS) is 15.9. The number of ether oxygens (including phenoxy) is 2. The highest BCUT2D eigenvalue weighted by Crippen LogP contribution is 2.32. The summed E-state index contributed by atoms with van der Waals surface area (Å²) in [5.41, 5.74) is 7.37. The van der Waals surface area contributed by atoms with E-state index in [1.165, 1.54) is 18.2 Å². The first kappa shape index (κ1) is 43.0. The van der Waals surface area contributed by atoms with Crippen LogP contribution in [0.2, 0.25) is 0 Å². The third-order valence-electron chi connectivity index (χ3n) is 11.0. The van der Waals surface area contributed by atoms with Crippen LogP contribution in [0.4, 0.5) is 32.6 Å². The Labute approximate surface area is 365 Å². The molecule has 0 atom stereocenters. The second kappa shape index (κ2) is 20.4. The Kier molecular flexibility index (Phi) is 13.9. The van der Waals surface area contributed by atoms with Gasteiger partial charge in [-0.05, 0) is 81.8 Å². The zero-order valence-electron chi connectivity index (χ0n) is 35.6. The van der Waals surface area contributed by atoms with E-state index in [9.17, 15) is 14.4 Å². The number of rotatable bonds is 9. The summed E-state index contributed by atoms with van der Waals surface area (Å²) in [7, 11) is 0. The molecular formula is C44H53N13O6. The first-order valence-corrected chi connectivity index (χ1v) is 21.5. The SMILES string of the molecule is CCNC(=O)Nc1ccc(-c2nc3c(c(N4CCOCC4)n2)CCN(C(=O)c2cnco2)C3)cc1.CCNC(=O)Nc1ccc(-c2nc3c(c(N4CCOCC4)n2)CCNC3)cc1. The van der Waals surface area contributed by atoms with Crippen LogP contribution < -0.4 is 36.4 Å². The molecule has 0 saturated carbocycles. The zero-order valence-corrected chi connectivity index (χ0v) is 35.6. The van der Waals surface area contributed by atoms with Crippen molar-refractivity contribution >= 4 is 41.0 Å². The fraction of sp³-hybridized carbons (Fsp3) is 0.409. The minimum atomic E-state index is -0.253. The van der Waals surface area contributed by atoms with Crippen molar-refractivity contribution in [3.63, 3.8) is 0 Å². The van der Waals surface area contributed by atoms with Crippen LogP contribution in [0.3, 0.4) is 0 Å². The Hall–Kier alpha value is -6.70. The van der Waals surface area contributed by atoms with Crippen LogP contribution in [0.1, 0.15) is 46.9 Å². The molecule has 4 aliphatic rings. The lowest BCUT2D eigenvalue weighted by atomic mass is 10.0. The number of aromatic nitrogens is 5. The molecule has 5 amide bonds. The molecule has 0 spiro atoms. The predicted molar refractivity (Wildman–Crippen MR) is 237 cm³/mol. The summed E-state index contributed by atoms with van der Waals surface area (Å²) in [5, 5.41) is 14.4. The van der Waals surface area contributed by atoms with Crippen LogP contribution in [-0.4, -0.2) is 127 Å². The van der Waals surface area contributed by atoms with E-state index in [2.05, 4.69) is 41.4 Å². The molecule has 2 aromatic carbocycles. The highest BCUT2D eigenvalue weighted by Gasteiger charge is 2.30. The number of hydrogen-bond donors (Lipinski definition) is 5. The standard InChI is InChI=1S/C24H27N7O4.C20H26N6O2/c1-2-26-24(33)27-17-5-3-16(4-6-17)21-28-19-14-31(23(32)20-13-25-15-35-20)8-7-18(19)22(29-21)30-9-11-34-12-10-30;1-2-22-20(27)23-15-5-3-14(4-6-15)18-24-17-13-21-8-7-16(17)19(25-18)26-9-11-28-12-10-26/h3-6,13,15H,2,7-12,14H2,1H3,(H2,26,27,33);3-6,21H,2,7-13H2,1H3,(H2,22,23,27). The number of carbonyl (C=O) groups is 3. The fourth-order valence-electron chi connectivity index (χ4n) is 7.81. The van der Waals surface area contributed by atoms with Crippen LogP contribution in [-0.2, 0) is 35.4 Å². The summed E-state index contributed by atoms with van der Waals surface area (Å²) in [6, 6.07) is 14.6. The first-order valence-electron chi connectivity index (χ1n) is 21.5. The van der Waals surface area contributed by atoms with Gasteiger partial charge in [-0.2, -0.15) is 0 Å². The maximum Gasteiger partial charge on any atom is 0.319 e. The topological polar surface area (TPSA) is 217 Å². The van der Waals surface area contributed by atoms with E-state index in [4.69, 9.17) is 33.8 Å². The van der Waals surface area contributed by atoms with Crippen LogP contribution in [0.25, 0.3) is 22.8 Å². The van der Waals surface area contributed by atoms with E-state index in [0.29, 0.717) is 63.1 Å². The van der Waals surface area contributed by atoms with Crippen molar-refractivity contribution in [3.05, 3.63) is 89.4 Å². The van der Waals surface area contributed by atoms with Gasteiger partial charge in [0.2, 0.25) is 5.76 Å². The van der Waals surface area contributed by atoms with Gasteiger partial charge < -0.3 is 55.2 Å². The zero-order chi connectivity index (χ0) is 43.5. The summed E-state index contributed by atoms with van der Waals surface area (Å²) in [6.07, 6.45) is 4.28. The van der Waals surface area contributed by atoms with Crippen LogP contribution in [0.15, 0.2) is 65.5 Å². The number of nitrogens with one attached hydrogen (secondary N) is 5.